The topological polar surface area (TPSA) is 82.9 Å². The fraction of sp³-hybridized carbons (Fsp3) is 0.444. The van der Waals surface area contributed by atoms with E-state index in [0.29, 0.717) is 59.0 Å². The van der Waals surface area contributed by atoms with E-state index in [0.717, 1.165) is 12.8 Å². The van der Waals surface area contributed by atoms with Crippen LogP contribution in [-0.4, -0.2) is 54.8 Å². The SMILES string of the molecule is COc1cc(-c2nc3ccccc3c(=O)n2[C@@H](CC(C)C)C(=O)N2CCCC2)cc(OC)c1OC. The Hall–Kier alpha value is -3.55. The van der Waals surface area contributed by atoms with Crippen LogP contribution in [0.15, 0.2) is 41.2 Å². The lowest BCUT2D eigenvalue weighted by Crippen LogP contribution is -2.40. The van der Waals surface area contributed by atoms with Crippen LogP contribution in [0.3, 0.4) is 0 Å². The van der Waals surface area contributed by atoms with Crippen LogP contribution in [0.25, 0.3) is 22.3 Å². The summed E-state index contributed by atoms with van der Waals surface area (Å²) in [6, 6.07) is 10.1. The molecule has 35 heavy (non-hydrogen) atoms. The van der Waals surface area contributed by atoms with Crippen LogP contribution in [0.4, 0.5) is 0 Å². The van der Waals surface area contributed by atoms with Crippen molar-refractivity contribution in [3.8, 4) is 28.6 Å². The molecule has 3 aromatic rings. The number of ether oxygens (including phenoxy) is 3. The molecule has 0 N–H and O–H groups in total. The van der Waals surface area contributed by atoms with Crippen LogP contribution in [0.2, 0.25) is 0 Å². The second kappa shape index (κ2) is 10.4. The zero-order valence-electron chi connectivity index (χ0n) is 21.0. The van der Waals surface area contributed by atoms with Crippen LogP contribution in [0.5, 0.6) is 17.2 Å². The molecule has 0 unspecified atom stereocenters. The van der Waals surface area contributed by atoms with Crippen molar-refractivity contribution in [1.82, 2.24) is 14.5 Å². The second-order valence-electron chi connectivity index (χ2n) is 9.22. The Morgan fingerprint density at radius 1 is 1.00 bits per heavy atom. The molecule has 2 heterocycles. The third-order valence-electron chi connectivity index (χ3n) is 6.44. The van der Waals surface area contributed by atoms with Gasteiger partial charge in [0.2, 0.25) is 11.7 Å². The van der Waals surface area contributed by atoms with Gasteiger partial charge in [0.05, 0.1) is 32.2 Å². The van der Waals surface area contributed by atoms with Crippen molar-refractivity contribution in [3.05, 3.63) is 46.8 Å². The maximum atomic E-state index is 14.0. The maximum absolute atomic E-state index is 14.0. The normalized spacial score (nSPS) is 14.4. The summed E-state index contributed by atoms with van der Waals surface area (Å²) in [6.07, 6.45) is 2.47. The van der Waals surface area contributed by atoms with Crippen molar-refractivity contribution >= 4 is 16.8 Å². The summed E-state index contributed by atoms with van der Waals surface area (Å²) in [7, 11) is 4.62. The first-order valence-corrected chi connectivity index (χ1v) is 12.0. The number of hydrogen-bond donors (Lipinski definition) is 0. The first-order valence-electron chi connectivity index (χ1n) is 12.0. The van der Waals surface area contributed by atoms with Gasteiger partial charge >= 0.3 is 0 Å². The molecule has 0 spiro atoms. The molecule has 1 aliphatic heterocycles. The maximum Gasteiger partial charge on any atom is 0.262 e. The number of carbonyl (C=O) groups is 1. The Kier molecular flexibility index (Phi) is 7.28. The van der Waals surface area contributed by atoms with Crippen LogP contribution in [0.1, 0.15) is 39.2 Å². The standard InChI is InChI=1S/C27H33N3O5/c1-17(2)14-21(27(32)29-12-8-9-13-29)30-25(28-20-11-7-6-10-19(20)26(30)31)18-15-22(33-3)24(35-5)23(16-18)34-4/h6-7,10-11,15-17,21H,8-9,12-14H2,1-5H3/t21-/m0/s1. The van der Waals surface area contributed by atoms with Gasteiger partial charge in [0.1, 0.15) is 11.9 Å². The largest absolute Gasteiger partial charge is 0.493 e. The summed E-state index contributed by atoms with van der Waals surface area (Å²) < 4.78 is 18.2. The van der Waals surface area contributed by atoms with Crippen molar-refractivity contribution in [2.24, 2.45) is 5.92 Å². The number of methoxy groups -OCH3 is 3. The van der Waals surface area contributed by atoms with Gasteiger partial charge in [-0.05, 0) is 49.4 Å². The van der Waals surface area contributed by atoms with Gasteiger partial charge in [0, 0.05) is 18.7 Å². The van der Waals surface area contributed by atoms with E-state index in [1.165, 1.54) is 7.11 Å². The molecule has 0 aliphatic carbocycles. The summed E-state index contributed by atoms with van der Waals surface area (Å²) >= 11 is 0. The van der Waals surface area contributed by atoms with Crippen molar-refractivity contribution < 1.29 is 19.0 Å². The molecule has 1 atom stereocenters. The van der Waals surface area contributed by atoms with Gasteiger partial charge in [-0.1, -0.05) is 26.0 Å². The average Bonchev–Trinajstić information content (AvgIpc) is 3.41. The van der Waals surface area contributed by atoms with Crippen LogP contribution in [-0.2, 0) is 4.79 Å². The van der Waals surface area contributed by atoms with Gasteiger partial charge in [-0.2, -0.15) is 0 Å². The highest BCUT2D eigenvalue weighted by molar-refractivity contribution is 5.84. The van der Waals surface area contributed by atoms with Gasteiger partial charge in [-0.3, -0.25) is 14.2 Å². The smallest absolute Gasteiger partial charge is 0.262 e. The molecule has 1 fully saturated rings. The first-order chi connectivity index (χ1) is 16.9. The third kappa shape index (κ3) is 4.70. The predicted octanol–water partition coefficient (Wildman–Crippen LogP) is 4.30. The average molecular weight is 480 g/mol. The Labute approximate surface area is 205 Å². The molecule has 1 amide bonds. The molecule has 1 aliphatic rings. The van der Waals surface area contributed by atoms with E-state index < -0.39 is 6.04 Å². The van der Waals surface area contributed by atoms with E-state index in [2.05, 4.69) is 13.8 Å². The Morgan fingerprint density at radius 2 is 1.63 bits per heavy atom. The number of likely N-dealkylation sites (tertiary alicyclic amines) is 1. The van der Waals surface area contributed by atoms with Gasteiger partial charge in [-0.15, -0.1) is 0 Å². The number of nitrogens with zero attached hydrogens (tertiary/aromatic N) is 3. The second-order valence-corrected chi connectivity index (χ2v) is 9.22. The molecule has 186 valence electrons. The Bertz CT molecular complexity index is 1250. The number of hydrogen-bond acceptors (Lipinski definition) is 6. The summed E-state index contributed by atoms with van der Waals surface area (Å²) in [5.74, 6) is 1.89. The molecule has 4 rings (SSSR count). The van der Waals surface area contributed by atoms with E-state index in [9.17, 15) is 9.59 Å². The van der Waals surface area contributed by atoms with Crippen LogP contribution in [0, 0.1) is 5.92 Å². The lowest BCUT2D eigenvalue weighted by atomic mass is 10.0. The van der Waals surface area contributed by atoms with E-state index in [-0.39, 0.29) is 17.4 Å². The number of rotatable bonds is 8. The molecule has 8 nitrogen and oxygen atoms in total. The number of benzene rings is 2. The zero-order chi connectivity index (χ0) is 25.1. The molecule has 2 aromatic carbocycles. The van der Waals surface area contributed by atoms with Crippen molar-refractivity contribution in [2.75, 3.05) is 34.4 Å². The molecule has 0 saturated carbocycles. The van der Waals surface area contributed by atoms with Gasteiger partial charge < -0.3 is 19.1 Å². The molecule has 0 bridgehead atoms. The minimum Gasteiger partial charge on any atom is -0.493 e. The number of fused-ring (bicyclic) bond motifs is 1. The minimum atomic E-state index is -0.674. The summed E-state index contributed by atoms with van der Waals surface area (Å²) in [5.41, 5.74) is 0.928. The Morgan fingerprint density at radius 3 is 2.20 bits per heavy atom. The lowest BCUT2D eigenvalue weighted by molar-refractivity contribution is -0.134. The summed E-state index contributed by atoms with van der Waals surface area (Å²) in [5, 5.41) is 0.478. The quantitative estimate of drug-likeness (QED) is 0.479. The fourth-order valence-corrected chi connectivity index (χ4v) is 4.76. The number of aromatic nitrogens is 2. The molecule has 0 radical (unpaired) electrons. The van der Waals surface area contributed by atoms with Gasteiger partial charge in [0.25, 0.3) is 5.56 Å². The molecule has 1 aromatic heterocycles. The summed E-state index contributed by atoms with van der Waals surface area (Å²) in [4.78, 5) is 34.5. The van der Waals surface area contributed by atoms with Gasteiger partial charge in [0.15, 0.2) is 11.5 Å². The van der Waals surface area contributed by atoms with E-state index >= 15 is 0 Å². The highest BCUT2D eigenvalue weighted by Gasteiger charge is 2.32. The molecular weight excluding hydrogens is 446 g/mol. The van der Waals surface area contributed by atoms with E-state index in [1.54, 1.807) is 37.0 Å². The highest BCUT2D eigenvalue weighted by Crippen LogP contribution is 2.41. The van der Waals surface area contributed by atoms with E-state index in [1.807, 2.05) is 23.1 Å². The van der Waals surface area contributed by atoms with Crippen LogP contribution < -0.4 is 19.8 Å². The van der Waals surface area contributed by atoms with Crippen molar-refractivity contribution in [2.45, 2.75) is 39.2 Å². The van der Waals surface area contributed by atoms with Crippen LogP contribution >= 0.6 is 0 Å². The first kappa shape index (κ1) is 24.6. The third-order valence-corrected chi connectivity index (χ3v) is 6.44. The predicted molar refractivity (Wildman–Crippen MR) is 135 cm³/mol. The fourth-order valence-electron chi connectivity index (χ4n) is 4.76. The van der Waals surface area contributed by atoms with Crippen molar-refractivity contribution in [3.63, 3.8) is 0 Å². The van der Waals surface area contributed by atoms with E-state index in [4.69, 9.17) is 19.2 Å². The molecular formula is C27H33N3O5. The molecule has 1 saturated heterocycles. The zero-order valence-corrected chi connectivity index (χ0v) is 21.0. The highest BCUT2D eigenvalue weighted by atomic mass is 16.5. The lowest BCUT2D eigenvalue weighted by Gasteiger charge is -2.28. The monoisotopic (exact) mass is 479 g/mol. The van der Waals surface area contributed by atoms with Crippen molar-refractivity contribution in [1.29, 1.82) is 0 Å². The minimum absolute atomic E-state index is 0.0379. The molecule has 8 heteroatoms. The number of carbonyl (C=O) groups excluding carboxylic acids is 1. The van der Waals surface area contributed by atoms with Gasteiger partial charge in [-0.25, -0.2) is 4.98 Å². The Balaban J connectivity index is 2.02. The summed E-state index contributed by atoms with van der Waals surface area (Å²) in [6.45, 7) is 5.54. The number of para-hydroxylation sites is 1. The number of amides is 1.